The van der Waals surface area contributed by atoms with Crippen LogP contribution in [0.3, 0.4) is 0 Å². The van der Waals surface area contributed by atoms with Crippen LogP contribution < -0.4 is 4.72 Å². The predicted molar refractivity (Wildman–Crippen MR) is 82.8 cm³/mol. The average molecular weight is 301 g/mol. The molecule has 0 aliphatic carbocycles. The molecule has 108 valence electrons. The van der Waals surface area contributed by atoms with Crippen molar-refractivity contribution in [1.29, 1.82) is 0 Å². The number of hydrogen-bond acceptors (Lipinski definition) is 3. The third kappa shape index (κ3) is 2.50. The summed E-state index contributed by atoms with van der Waals surface area (Å²) in [5.41, 5.74) is 2.39. The maximum atomic E-state index is 12.6. The van der Waals surface area contributed by atoms with Gasteiger partial charge in [0.05, 0.1) is 10.4 Å². The van der Waals surface area contributed by atoms with Gasteiger partial charge in [0.1, 0.15) is 0 Å². The van der Waals surface area contributed by atoms with Crippen LogP contribution in [0.4, 0.5) is 5.82 Å². The van der Waals surface area contributed by atoms with Crippen LogP contribution in [0.15, 0.2) is 47.4 Å². The van der Waals surface area contributed by atoms with E-state index in [9.17, 15) is 8.42 Å². The molecule has 2 N–H and O–H groups in total. The predicted octanol–water partition coefficient (Wildman–Crippen LogP) is 2.98. The third-order valence-electron chi connectivity index (χ3n) is 3.33. The van der Waals surface area contributed by atoms with Crippen molar-refractivity contribution in [3.8, 4) is 0 Å². The minimum Gasteiger partial charge on any atom is -0.276 e. The lowest BCUT2D eigenvalue weighted by Crippen LogP contribution is -2.15. The van der Waals surface area contributed by atoms with Crippen molar-refractivity contribution in [2.24, 2.45) is 0 Å². The lowest BCUT2D eigenvalue weighted by Gasteiger charge is -2.09. The van der Waals surface area contributed by atoms with Crippen LogP contribution >= 0.6 is 0 Å². The molecular formula is C15H15N3O2S. The molecule has 0 amide bonds. The Balaban J connectivity index is 2.05. The number of rotatable bonds is 3. The number of H-pyrrole nitrogens is 1. The number of fused-ring (bicyclic) bond motifs is 1. The van der Waals surface area contributed by atoms with E-state index in [4.69, 9.17) is 0 Å². The monoisotopic (exact) mass is 301 g/mol. The first-order valence-electron chi connectivity index (χ1n) is 6.50. The molecule has 6 heteroatoms. The van der Waals surface area contributed by atoms with E-state index in [0.717, 1.165) is 16.5 Å². The summed E-state index contributed by atoms with van der Waals surface area (Å²) < 4.78 is 27.7. The first kappa shape index (κ1) is 13.6. The summed E-state index contributed by atoms with van der Waals surface area (Å²) in [5.74, 6) is 0.312. The van der Waals surface area contributed by atoms with Gasteiger partial charge in [-0.15, -0.1) is 0 Å². The Labute approximate surface area is 123 Å². The molecule has 0 saturated carbocycles. The van der Waals surface area contributed by atoms with Crippen LogP contribution in [-0.4, -0.2) is 18.6 Å². The number of sulfonamides is 1. The lowest BCUT2D eigenvalue weighted by atomic mass is 10.2. The molecule has 0 radical (unpaired) electrons. The van der Waals surface area contributed by atoms with E-state index in [1.165, 1.54) is 0 Å². The highest BCUT2D eigenvalue weighted by Crippen LogP contribution is 2.24. The molecule has 0 spiro atoms. The van der Waals surface area contributed by atoms with E-state index >= 15 is 0 Å². The Morgan fingerprint density at radius 1 is 1.10 bits per heavy atom. The van der Waals surface area contributed by atoms with E-state index in [1.807, 2.05) is 37.3 Å². The molecule has 5 nitrogen and oxygen atoms in total. The number of benzene rings is 2. The minimum atomic E-state index is -3.66. The van der Waals surface area contributed by atoms with Gasteiger partial charge in [-0.1, -0.05) is 24.3 Å². The summed E-state index contributed by atoms with van der Waals surface area (Å²) in [7, 11) is -3.66. The Bertz CT molecular complexity index is 914. The number of anilines is 1. The van der Waals surface area contributed by atoms with Gasteiger partial charge >= 0.3 is 0 Å². The smallest absolute Gasteiger partial charge is 0.263 e. The fraction of sp³-hybridized carbons (Fsp3) is 0.133. The fourth-order valence-electron chi connectivity index (χ4n) is 2.22. The summed E-state index contributed by atoms with van der Waals surface area (Å²) in [6.45, 7) is 3.64. The van der Waals surface area contributed by atoms with Crippen molar-refractivity contribution in [2.75, 3.05) is 4.72 Å². The van der Waals surface area contributed by atoms with Crippen LogP contribution in [0, 0.1) is 13.8 Å². The van der Waals surface area contributed by atoms with Gasteiger partial charge in [-0.2, -0.15) is 5.10 Å². The van der Waals surface area contributed by atoms with E-state index < -0.39 is 10.0 Å². The molecule has 0 aliphatic heterocycles. The molecule has 3 rings (SSSR count). The zero-order chi connectivity index (χ0) is 15.0. The largest absolute Gasteiger partial charge is 0.276 e. The van der Waals surface area contributed by atoms with Gasteiger partial charge in [0.2, 0.25) is 0 Å². The summed E-state index contributed by atoms with van der Waals surface area (Å²) in [4.78, 5) is 0.273. The lowest BCUT2D eigenvalue weighted by molar-refractivity contribution is 0.600. The molecule has 0 saturated heterocycles. The van der Waals surface area contributed by atoms with Crippen LogP contribution in [0.1, 0.15) is 11.1 Å². The number of para-hydroxylation sites is 1. The molecule has 0 unspecified atom stereocenters. The second-order valence-electron chi connectivity index (χ2n) is 4.99. The van der Waals surface area contributed by atoms with E-state index in [-0.39, 0.29) is 4.90 Å². The second-order valence-corrected chi connectivity index (χ2v) is 6.64. The number of nitrogens with zero attached hydrogens (tertiary/aromatic N) is 1. The molecule has 0 aliphatic rings. The number of aryl methyl sites for hydroxylation is 2. The van der Waals surface area contributed by atoms with Gasteiger partial charge in [0.15, 0.2) is 5.82 Å². The molecule has 1 heterocycles. The number of nitrogens with one attached hydrogen (secondary N) is 2. The maximum Gasteiger partial charge on any atom is 0.263 e. The van der Waals surface area contributed by atoms with Crippen molar-refractivity contribution >= 4 is 26.7 Å². The Morgan fingerprint density at radius 2 is 1.86 bits per heavy atom. The van der Waals surface area contributed by atoms with Gasteiger partial charge in [-0.05, 0) is 43.2 Å². The minimum absolute atomic E-state index is 0.273. The summed E-state index contributed by atoms with van der Waals surface area (Å²) >= 11 is 0. The van der Waals surface area contributed by atoms with Crippen LogP contribution in [0.2, 0.25) is 0 Å². The maximum absolute atomic E-state index is 12.6. The van der Waals surface area contributed by atoms with Crippen molar-refractivity contribution in [1.82, 2.24) is 10.2 Å². The average Bonchev–Trinajstić information content (AvgIpc) is 2.84. The van der Waals surface area contributed by atoms with Crippen molar-refractivity contribution in [2.45, 2.75) is 18.7 Å². The SMILES string of the molecule is Cc1ccc(C)c(S(=O)(=O)Nc2n[nH]c3ccccc23)c1. The summed E-state index contributed by atoms with van der Waals surface area (Å²) in [6.07, 6.45) is 0. The van der Waals surface area contributed by atoms with Crippen LogP contribution in [0.5, 0.6) is 0 Å². The van der Waals surface area contributed by atoms with Crippen molar-refractivity contribution in [3.05, 3.63) is 53.6 Å². The Morgan fingerprint density at radius 3 is 2.67 bits per heavy atom. The highest BCUT2D eigenvalue weighted by atomic mass is 32.2. The second kappa shape index (κ2) is 4.89. The third-order valence-corrected chi connectivity index (χ3v) is 4.82. The molecule has 0 bridgehead atoms. The zero-order valence-electron chi connectivity index (χ0n) is 11.7. The van der Waals surface area contributed by atoms with Gasteiger partial charge in [-0.3, -0.25) is 9.82 Å². The molecule has 1 aromatic heterocycles. The topological polar surface area (TPSA) is 74.8 Å². The van der Waals surface area contributed by atoms with Crippen LogP contribution in [-0.2, 0) is 10.0 Å². The van der Waals surface area contributed by atoms with Crippen molar-refractivity contribution < 1.29 is 8.42 Å². The fourth-order valence-corrected chi connectivity index (χ4v) is 3.57. The number of aromatic amines is 1. The Hall–Kier alpha value is -2.34. The first-order valence-corrected chi connectivity index (χ1v) is 7.99. The van der Waals surface area contributed by atoms with Gasteiger partial charge in [-0.25, -0.2) is 8.42 Å². The van der Waals surface area contributed by atoms with E-state index in [0.29, 0.717) is 11.4 Å². The molecular weight excluding hydrogens is 286 g/mol. The molecule has 0 atom stereocenters. The van der Waals surface area contributed by atoms with Crippen molar-refractivity contribution in [3.63, 3.8) is 0 Å². The molecule has 0 fully saturated rings. The van der Waals surface area contributed by atoms with E-state index in [2.05, 4.69) is 14.9 Å². The first-order chi connectivity index (χ1) is 9.97. The van der Waals surface area contributed by atoms with Gasteiger partial charge < -0.3 is 0 Å². The summed E-state index contributed by atoms with van der Waals surface area (Å²) in [6, 6.07) is 12.7. The van der Waals surface area contributed by atoms with Gasteiger partial charge in [0, 0.05) is 5.39 Å². The molecule has 3 aromatic rings. The zero-order valence-corrected chi connectivity index (χ0v) is 12.5. The molecule has 21 heavy (non-hydrogen) atoms. The molecule has 2 aromatic carbocycles. The van der Waals surface area contributed by atoms with E-state index in [1.54, 1.807) is 19.1 Å². The normalized spacial score (nSPS) is 11.7. The number of aromatic nitrogens is 2. The standard InChI is InChI=1S/C15H15N3O2S/c1-10-7-8-11(2)14(9-10)21(19,20)18-15-12-5-3-4-6-13(12)16-17-15/h3-9H,1-2H3,(H2,16,17,18). The van der Waals surface area contributed by atoms with Gasteiger partial charge in [0.25, 0.3) is 10.0 Å². The number of hydrogen-bond donors (Lipinski definition) is 2. The summed E-state index contributed by atoms with van der Waals surface area (Å²) in [5, 5.41) is 7.60. The highest BCUT2D eigenvalue weighted by Gasteiger charge is 2.19. The van der Waals surface area contributed by atoms with Crippen LogP contribution in [0.25, 0.3) is 10.9 Å². The highest BCUT2D eigenvalue weighted by molar-refractivity contribution is 7.92. The quantitative estimate of drug-likeness (QED) is 0.781. The Kier molecular flexibility index (Phi) is 3.17.